The first kappa shape index (κ1) is 17.8. The van der Waals surface area contributed by atoms with Crippen molar-refractivity contribution in [1.29, 1.82) is 0 Å². The fraction of sp³-hybridized carbons (Fsp3) is 0.533. The maximum atomic E-state index is 14.7. The summed E-state index contributed by atoms with van der Waals surface area (Å²) in [4.78, 5) is 13.6. The quantitative estimate of drug-likeness (QED) is 0.574. The van der Waals surface area contributed by atoms with Crippen molar-refractivity contribution in [3.8, 4) is 0 Å². The van der Waals surface area contributed by atoms with E-state index in [1.54, 1.807) is 17.0 Å². The number of halogens is 1. The smallest absolute Gasteiger partial charge is 0.344 e. The summed E-state index contributed by atoms with van der Waals surface area (Å²) in [7, 11) is -3.53. The number of esters is 1. The molecule has 0 amide bonds. The van der Waals surface area contributed by atoms with Crippen LogP contribution in [0.5, 0.6) is 0 Å². The van der Waals surface area contributed by atoms with Gasteiger partial charge < -0.3 is 4.74 Å². The van der Waals surface area contributed by atoms with Crippen LogP contribution in [-0.4, -0.2) is 51.0 Å². The molecule has 0 bridgehead atoms. The van der Waals surface area contributed by atoms with E-state index >= 15 is 0 Å². The van der Waals surface area contributed by atoms with Gasteiger partial charge in [0.05, 0.1) is 6.26 Å². The van der Waals surface area contributed by atoms with E-state index < -0.39 is 21.8 Å². The molecule has 6 nitrogen and oxygen atoms in total. The third kappa shape index (κ3) is 5.56. The highest BCUT2D eigenvalue weighted by molar-refractivity contribution is 7.85. The summed E-state index contributed by atoms with van der Waals surface area (Å²) < 4.78 is 46.2. The SMILES string of the molecule is CS(=O)(=O)OCN1CCC(F)(C(=O)OCc2ccccc2)CC1. The second-order valence-corrected chi connectivity index (χ2v) is 7.24. The average molecular weight is 345 g/mol. The molecule has 1 aromatic carbocycles. The summed E-state index contributed by atoms with van der Waals surface area (Å²) in [6.45, 7) is 0.360. The van der Waals surface area contributed by atoms with Crippen molar-refractivity contribution in [2.24, 2.45) is 0 Å². The van der Waals surface area contributed by atoms with Gasteiger partial charge in [-0.05, 0) is 5.56 Å². The zero-order valence-electron chi connectivity index (χ0n) is 12.9. The second-order valence-electron chi connectivity index (χ2n) is 5.60. The Labute approximate surface area is 135 Å². The lowest BCUT2D eigenvalue weighted by Crippen LogP contribution is -2.47. The molecular weight excluding hydrogens is 325 g/mol. The monoisotopic (exact) mass is 345 g/mol. The van der Waals surface area contributed by atoms with E-state index in [-0.39, 0.29) is 39.3 Å². The first-order chi connectivity index (χ1) is 10.8. The number of likely N-dealkylation sites (tertiary alicyclic amines) is 1. The van der Waals surface area contributed by atoms with Gasteiger partial charge in [-0.15, -0.1) is 0 Å². The molecule has 2 rings (SSSR count). The van der Waals surface area contributed by atoms with Crippen molar-refractivity contribution in [2.45, 2.75) is 25.1 Å². The van der Waals surface area contributed by atoms with Crippen LogP contribution in [0.2, 0.25) is 0 Å². The van der Waals surface area contributed by atoms with Crippen LogP contribution in [0.1, 0.15) is 18.4 Å². The van der Waals surface area contributed by atoms with Crippen LogP contribution in [0.3, 0.4) is 0 Å². The molecule has 23 heavy (non-hydrogen) atoms. The maximum absolute atomic E-state index is 14.7. The van der Waals surface area contributed by atoms with Crippen LogP contribution in [0.15, 0.2) is 30.3 Å². The van der Waals surface area contributed by atoms with E-state index in [4.69, 9.17) is 4.74 Å². The lowest BCUT2D eigenvalue weighted by Gasteiger charge is -2.34. The Hall–Kier alpha value is -1.51. The summed E-state index contributed by atoms with van der Waals surface area (Å²) in [6, 6.07) is 9.06. The van der Waals surface area contributed by atoms with Gasteiger partial charge in [-0.1, -0.05) is 30.3 Å². The molecule has 1 saturated heterocycles. The highest BCUT2D eigenvalue weighted by atomic mass is 32.2. The first-order valence-corrected chi connectivity index (χ1v) is 9.07. The van der Waals surface area contributed by atoms with Crippen molar-refractivity contribution >= 4 is 16.1 Å². The van der Waals surface area contributed by atoms with Gasteiger partial charge in [0.15, 0.2) is 0 Å². The minimum atomic E-state index is -3.53. The van der Waals surface area contributed by atoms with E-state index in [9.17, 15) is 17.6 Å². The topological polar surface area (TPSA) is 72.9 Å². The van der Waals surface area contributed by atoms with Gasteiger partial charge >= 0.3 is 5.97 Å². The molecule has 128 valence electrons. The predicted octanol–water partition coefficient (Wildman–Crippen LogP) is 1.47. The normalized spacial score (nSPS) is 18.5. The van der Waals surface area contributed by atoms with Crippen LogP contribution in [0.25, 0.3) is 0 Å². The number of carbonyl (C=O) groups excluding carboxylic acids is 1. The molecule has 1 aliphatic heterocycles. The molecule has 1 aromatic rings. The van der Waals surface area contributed by atoms with E-state index in [1.807, 2.05) is 18.2 Å². The molecule has 1 aliphatic rings. The fourth-order valence-electron chi connectivity index (χ4n) is 2.26. The first-order valence-electron chi connectivity index (χ1n) is 7.25. The number of piperidine rings is 1. The zero-order chi connectivity index (χ0) is 16.9. The van der Waals surface area contributed by atoms with Crippen molar-refractivity contribution in [1.82, 2.24) is 4.90 Å². The number of hydrogen-bond acceptors (Lipinski definition) is 6. The molecule has 1 fully saturated rings. The van der Waals surface area contributed by atoms with E-state index in [0.717, 1.165) is 11.8 Å². The van der Waals surface area contributed by atoms with E-state index in [2.05, 4.69) is 4.18 Å². The zero-order valence-corrected chi connectivity index (χ0v) is 13.7. The van der Waals surface area contributed by atoms with Gasteiger partial charge in [-0.25, -0.2) is 9.18 Å². The fourth-order valence-corrected chi connectivity index (χ4v) is 2.60. The standard InChI is InChI=1S/C15H20FNO5S/c1-23(19,20)22-12-17-9-7-15(16,8-10-17)14(18)21-11-13-5-3-2-4-6-13/h2-6H,7-12H2,1H3. The van der Waals surface area contributed by atoms with Crippen LogP contribution >= 0.6 is 0 Å². The third-order valence-electron chi connectivity index (χ3n) is 3.68. The number of nitrogens with zero attached hydrogens (tertiary/aromatic N) is 1. The molecular formula is C15H20FNO5S. The molecule has 1 heterocycles. The van der Waals surface area contributed by atoms with Gasteiger partial charge in [-0.3, -0.25) is 9.08 Å². The summed E-state index contributed by atoms with van der Waals surface area (Å²) >= 11 is 0. The number of hydrogen-bond donors (Lipinski definition) is 0. The summed E-state index contributed by atoms with van der Waals surface area (Å²) in [6.07, 6.45) is 0.860. The largest absolute Gasteiger partial charge is 0.458 e. The van der Waals surface area contributed by atoms with Gasteiger partial charge in [0.1, 0.15) is 13.3 Å². The summed E-state index contributed by atoms with van der Waals surface area (Å²) in [5.41, 5.74) is -1.24. The molecule has 0 unspecified atom stereocenters. The molecule has 0 atom stereocenters. The Kier molecular flexibility index (Phi) is 5.72. The van der Waals surface area contributed by atoms with Crippen molar-refractivity contribution in [2.75, 3.05) is 26.1 Å². The number of rotatable bonds is 6. The minimum absolute atomic E-state index is 0.0340. The number of benzene rings is 1. The Morgan fingerprint density at radius 2 is 1.87 bits per heavy atom. The van der Waals surface area contributed by atoms with E-state index in [0.29, 0.717) is 0 Å². The summed E-state index contributed by atoms with van der Waals surface area (Å²) in [5, 5.41) is 0. The molecule has 0 aromatic heterocycles. The Morgan fingerprint density at radius 1 is 1.26 bits per heavy atom. The third-order valence-corrected chi connectivity index (χ3v) is 4.21. The number of carbonyl (C=O) groups is 1. The molecule has 0 aliphatic carbocycles. The van der Waals surface area contributed by atoms with Gasteiger partial charge in [0, 0.05) is 25.9 Å². The lowest BCUT2D eigenvalue weighted by molar-refractivity contribution is -0.163. The number of alkyl halides is 1. The molecule has 0 radical (unpaired) electrons. The van der Waals surface area contributed by atoms with Crippen LogP contribution in [0.4, 0.5) is 4.39 Å². The predicted molar refractivity (Wildman–Crippen MR) is 81.7 cm³/mol. The van der Waals surface area contributed by atoms with Crippen LogP contribution < -0.4 is 0 Å². The Balaban J connectivity index is 1.80. The van der Waals surface area contributed by atoms with Crippen molar-refractivity contribution in [3.63, 3.8) is 0 Å². The van der Waals surface area contributed by atoms with E-state index in [1.165, 1.54) is 0 Å². The lowest BCUT2D eigenvalue weighted by atomic mass is 9.94. The Bertz CT molecular complexity index is 627. The van der Waals surface area contributed by atoms with Gasteiger partial charge in [0.2, 0.25) is 5.67 Å². The van der Waals surface area contributed by atoms with Crippen molar-refractivity contribution < 1.29 is 26.5 Å². The van der Waals surface area contributed by atoms with Crippen LogP contribution in [-0.2, 0) is 30.4 Å². The molecule has 0 saturated carbocycles. The van der Waals surface area contributed by atoms with Crippen LogP contribution in [0, 0.1) is 0 Å². The molecule has 0 N–H and O–H groups in total. The number of ether oxygens (including phenoxy) is 1. The molecule has 8 heteroatoms. The molecule has 0 spiro atoms. The maximum Gasteiger partial charge on any atom is 0.344 e. The van der Waals surface area contributed by atoms with Gasteiger partial charge in [-0.2, -0.15) is 8.42 Å². The highest BCUT2D eigenvalue weighted by Gasteiger charge is 2.43. The Morgan fingerprint density at radius 3 is 2.43 bits per heavy atom. The minimum Gasteiger partial charge on any atom is -0.458 e. The second kappa shape index (κ2) is 7.37. The average Bonchev–Trinajstić information content (AvgIpc) is 2.52. The summed E-state index contributed by atoms with van der Waals surface area (Å²) in [5.74, 6) is -0.870. The highest BCUT2D eigenvalue weighted by Crippen LogP contribution is 2.28. The van der Waals surface area contributed by atoms with Gasteiger partial charge in [0.25, 0.3) is 10.1 Å². The van der Waals surface area contributed by atoms with Crippen molar-refractivity contribution in [3.05, 3.63) is 35.9 Å².